The Labute approximate surface area is 126 Å². The van der Waals surface area contributed by atoms with E-state index in [2.05, 4.69) is 10.1 Å². The van der Waals surface area contributed by atoms with E-state index in [1.807, 2.05) is 0 Å². The summed E-state index contributed by atoms with van der Waals surface area (Å²) in [5.74, 6) is -1.06. The number of carbonyl (C=O) groups is 2. The van der Waals surface area contributed by atoms with E-state index >= 15 is 0 Å². The Balaban J connectivity index is 2.99. The van der Waals surface area contributed by atoms with Gasteiger partial charge in [0.1, 0.15) is 5.88 Å². The van der Waals surface area contributed by atoms with E-state index in [4.69, 9.17) is 34.8 Å². The predicted octanol–water partition coefficient (Wildman–Crippen LogP) is 2.95. The zero-order valence-corrected chi connectivity index (χ0v) is 12.4. The van der Waals surface area contributed by atoms with Crippen molar-refractivity contribution in [1.29, 1.82) is 0 Å². The molecule has 7 heteroatoms. The second-order valence-electron chi connectivity index (χ2n) is 3.74. The first kappa shape index (κ1) is 16.1. The fourth-order valence-corrected chi connectivity index (χ4v) is 2.13. The number of ether oxygens (including phenoxy) is 1. The van der Waals surface area contributed by atoms with Crippen molar-refractivity contribution in [1.82, 2.24) is 5.32 Å². The second kappa shape index (κ2) is 7.58. The molecular weight excluding hydrogens is 312 g/mol. The van der Waals surface area contributed by atoms with Crippen molar-refractivity contribution in [2.24, 2.45) is 0 Å². The van der Waals surface area contributed by atoms with E-state index in [-0.39, 0.29) is 12.3 Å². The molecule has 0 saturated carbocycles. The van der Waals surface area contributed by atoms with E-state index in [1.165, 1.54) is 7.11 Å². The van der Waals surface area contributed by atoms with Gasteiger partial charge in [0.15, 0.2) is 0 Å². The van der Waals surface area contributed by atoms with Crippen LogP contribution in [0.25, 0.3) is 0 Å². The number of esters is 1. The van der Waals surface area contributed by atoms with E-state index < -0.39 is 17.9 Å². The second-order valence-corrected chi connectivity index (χ2v) is 4.88. The number of rotatable bonds is 5. The number of amides is 1. The van der Waals surface area contributed by atoms with Gasteiger partial charge in [-0.1, -0.05) is 23.2 Å². The number of alkyl halides is 1. The van der Waals surface area contributed by atoms with Gasteiger partial charge in [-0.15, -0.1) is 11.6 Å². The van der Waals surface area contributed by atoms with Gasteiger partial charge in [0.25, 0.3) is 0 Å². The lowest BCUT2D eigenvalue weighted by molar-refractivity contribution is -0.141. The number of hydrogen-bond donors (Lipinski definition) is 1. The van der Waals surface area contributed by atoms with E-state index in [1.54, 1.807) is 18.2 Å². The van der Waals surface area contributed by atoms with Gasteiger partial charge >= 0.3 is 5.97 Å². The Hall–Kier alpha value is -0.970. The molecule has 1 atom stereocenters. The minimum absolute atomic E-state index is 0.0319. The lowest BCUT2D eigenvalue weighted by Crippen LogP contribution is -2.31. The highest BCUT2D eigenvalue weighted by Crippen LogP contribution is 2.25. The Morgan fingerprint density at radius 1 is 1.26 bits per heavy atom. The molecule has 0 heterocycles. The average molecular weight is 325 g/mol. The van der Waals surface area contributed by atoms with Crippen molar-refractivity contribution in [3.63, 3.8) is 0 Å². The molecule has 0 saturated heterocycles. The van der Waals surface area contributed by atoms with Gasteiger partial charge in [-0.3, -0.25) is 9.59 Å². The maximum atomic E-state index is 11.4. The SMILES string of the molecule is COC(=O)C[C@H](NC(=O)CCl)c1cc(Cl)cc(Cl)c1. The van der Waals surface area contributed by atoms with Crippen LogP contribution in [0, 0.1) is 0 Å². The first-order chi connectivity index (χ1) is 8.96. The normalized spacial score (nSPS) is 11.8. The standard InChI is InChI=1S/C12H12Cl3NO3/c1-19-12(18)5-10(16-11(17)6-13)7-2-8(14)4-9(15)3-7/h2-4,10H,5-6H2,1H3,(H,16,17)/t10-/m0/s1. The van der Waals surface area contributed by atoms with Crippen LogP contribution in [0.5, 0.6) is 0 Å². The molecule has 104 valence electrons. The Kier molecular flexibility index (Phi) is 6.42. The molecule has 0 radical (unpaired) electrons. The minimum atomic E-state index is -0.588. The molecule has 0 aromatic heterocycles. The minimum Gasteiger partial charge on any atom is -0.469 e. The summed E-state index contributed by atoms with van der Waals surface area (Å²) in [5.41, 5.74) is 0.612. The van der Waals surface area contributed by atoms with Crippen LogP contribution in [0.2, 0.25) is 10.0 Å². The first-order valence-electron chi connectivity index (χ1n) is 5.34. The molecule has 0 unspecified atom stereocenters. The number of benzene rings is 1. The molecule has 0 aliphatic heterocycles. The van der Waals surface area contributed by atoms with Gasteiger partial charge in [0.05, 0.1) is 19.6 Å². The molecule has 4 nitrogen and oxygen atoms in total. The van der Waals surface area contributed by atoms with Gasteiger partial charge in [-0.25, -0.2) is 0 Å². The van der Waals surface area contributed by atoms with Crippen molar-refractivity contribution < 1.29 is 14.3 Å². The smallest absolute Gasteiger partial charge is 0.307 e. The molecule has 0 fully saturated rings. The van der Waals surface area contributed by atoms with Crippen LogP contribution in [-0.2, 0) is 14.3 Å². The van der Waals surface area contributed by atoms with Crippen LogP contribution < -0.4 is 5.32 Å². The molecule has 19 heavy (non-hydrogen) atoms. The summed E-state index contributed by atoms with van der Waals surface area (Å²) in [5, 5.41) is 3.44. The molecule has 1 N–H and O–H groups in total. The van der Waals surface area contributed by atoms with Gasteiger partial charge in [-0.05, 0) is 23.8 Å². The highest BCUT2D eigenvalue weighted by molar-refractivity contribution is 6.34. The third-order valence-corrected chi connectivity index (χ3v) is 3.02. The number of carbonyl (C=O) groups excluding carboxylic acids is 2. The number of methoxy groups -OCH3 is 1. The summed E-state index contributed by atoms with van der Waals surface area (Å²) >= 11 is 17.2. The summed E-state index contributed by atoms with van der Waals surface area (Å²) in [7, 11) is 1.27. The summed E-state index contributed by atoms with van der Waals surface area (Å²) in [4.78, 5) is 22.7. The Morgan fingerprint density at radius 2 is 1.84 bits per heavy atom. The number of halogens is 3. The van der Waals surface area contributed by atoms with Crippen LogP contribution in [0.1, 0.15) is 18.0 Å². The third-order valence-electron chi connectivity index (χ3n) is 2.34. The van der Waals surface area contributed by atoms with Gasteiger partial charge in [-0.2, -0.15) is 0 Å². The summed E-state index contributed by atoms with van der Waals surface area (Å²) < 4.78 is 4.59. The van der Waals surface area contributed by atoms with Crippen molar-refractivity contribution >= 4 is 46.7 Å². The third kappa shape index (κ3) is 5.27. The quantitative estimate of drug-likeness (QED) is 0.669. The van der Waals surface area contributed by atoms with E-state index in [0.29, 0.717) is 15.6 Å². The fourth-order valence-electron chi connectivity index (χ4n) is 1.51. The van der Waals surface area contributed by atoms with E-state index in [9.17, 15) is 9.59 Å². The van der Waals surface area contributed by atoms with Crippen molar-refractivity contribution in [3.05, 3.63) is 33.8 Å². The molecule has 1 rings (SSSR count). The van der Waals surface area contributed by atoms with Gasteiger partial charge in [0, 0.05) is 10.0 Å². The van der Waals surface area contributed by atoms with Crippen molar-refractivity contribution in [2.75, 3.05) is 13.0 Å². The van der Waals surface area contributed by atoms with Crippen LogP contribution in [0.3, 0.4) is 0 Å². The summed E-state index contributed by atoms with van der Waals surface area (Å²) in [6.45, 7) is 0. The molecular formula is C12H12Cl3NO3. The Bertz CT molecular complexity index is 441. The fraction of sp³-hybridized carbons (Fsp3) is 0.333. The van der Waals surface area contributed by atoms with Gasteiger partial charge in [0.2, 0.25) is 5.91 Å². The van der Waals surface area contributed by atoms with Crippen molar-refractivity contribution in [2.45, 2.75) is 12.5 Å². The first-order valence-corrected chi connectivity index (χ1v) is 6.63. The molecule has 1 aromatic rings. The number of hydrogen-bond acceptors (Lipinski definition) is 3. The maximum Gasteiger partial charge on any atom is 0.307 e. The summed E-state index contributed by atoms with van der Waals surface area (Å²) in [6.07, 6.45) is -0.0319. The Morgan fingerprint density at radius 3 is 2.32 bits per heavy atom. The van der Waals surface area contributed by atoms with Crippen LogP contribution in [0.15, 0.2) is 18.2 Å². The average Bonchev–Trinajstić information content (AvgIpc) is 2.36. The monoisotopic (exact) mass is 323 g/mol. The lowest BCUT2D eigenvalue weighted by Gasteiger charge is -2.18. The van der Waals surface area contributed by atoms with Crippen LogP contribution in [-0.4, -0.2) is 24.9 Å². The van der Waals surface area contributed by atoms with Gasteiger partial charge < -0.3 is 10.1 Å². The molecule has 1 amide bonds. The number of nitrogens with one attached hydrogen (secondary N) is 1. The van der Waals surface area contributed by atoms with E-state index in [0.717, 1.165) is 0 Å². The largest absolute Gasteiger partial charge is 0.469 e. The lowest BCUT2D eigenvalue weighted by atomic mass is 10.0. The molecule has 0 aliphatic carbocycles. The predicted molar refractivity (Wildman–Crippen MR) is 74.7 cm³/mol. The topological polar surface area (TPSA) is 55.4 Å². The molecule has 0 spiro atoms. The van der Waals surface area contributed by atoms with Crippen LogP contribution >= 0.6 is 34.8 Å². The molecule has 1 aromatic carbocycles. The molecule has 0 bridgehead atoms. The highest BCUT2D eigenvalue weighted by Gasteiger charge is 2.19. The zero-order valence-electron chi connectivity index (χ0n) is 10.1. The maximum absolute atomic E-state index is 11.4. The molecule has 0 aliphatic rings. The highest BCUT2D eigenvalue weighted by atomic mass is 35.5. The van der Waals surface area contributed by atoms with Crippen molar-refractivity contribution in [3.8, 4) is 0 Å². The zero-order chi connectivity index (χ0) is 14.4. The summed E-state index contributed by atoms with van der Waals surface area (Å²) in [6, 6.07) is 4.21. The van der Waals surface area contributed by atoms with Crippen LogP contribution in [0.4, 0.5) is 0 Å².